The molecule has 0 unspecified atom stereocenters. The molecular formula is C17H12ClNO. The summed E-state index contributed by atoms with van der Waals surface area (Å²) in [5.41, 5.74) is 2.39. The van der Waals surface area contributed by atoms with Crippen molar-refractivity contribution in [3.8, 4) is 6.07 Å². The van der Waals surface area contributed by atoms with Crippen LogP contribution >= 0.6 is 11.6 Å². The molecule has 2 aromatic rings. The van der Waals surface area contributed by atoms with E-state index in [-0.39, 0.29) is 11.4 Å². The van der Waals surface area contributed by atoms with E-state index in [0.717, 1.165) is 11.1 Å². The smallest absolute Gasteiger partial charge is 0.203 e. The highest BCUT2D eigenvalue weighted by molar-refractivity contribution is 6.30. The first-order chi connectivity index (χ1) is 9.60. The van der Waals surface area contributed by atoms with Crippen molar-refractivity contribution < 1.29 is 4.79 Å². The molecule has 0 saturated heterocycles. The van der Waals surface area contributed by atoms with Crippen LogP contribution in [-0.4, -0.2) is 5.78 Å². The highest BCUT2D eigenvalue weighted by Crippen LogP contribution is 2.15. The molecule has 2 aromatic carbocycles. The van der Waals surface area contributed by atoms with E-state index in [1.807, 2.05) is 19.1 Å². The van der Waals surface area contributed by atoms with E-state index in [1.165, 1.54) is 0 Å². The Kier molecular flexibility index (Phi) is 4.34. The Hall–Kier alpha value is -2.37. The van der Waals surface area contributed by atoms with Crippen molar-refractivity contribution in [1.29, 1.82) is 5.26 Å². The van der Waals surface area contributed by atoms with Crippen molar-refractivity contribution in [1.82, 2.24) is 0 Å². The van der Waals surface area contributed by atoms with E-state index in [2.05, 4.69) is 0 Å². The number of carbonyl (C=O) groups is 1. The van der Waals surface area contributed by atoms with Crippen molar-refractivity contribution in [2.45, 2.75) is 6.92 Å². The summed E-state index contributed by atoms with van der Waals surface area (Å²) in [6.45, 7) is 1.91. The number of hydrogen-bond acceptors (Lipinski definition) is 2. The van der Waals surface area contributed by atoms with Gasteiger partial charge in [0, 0.05) is 10.6 Å². The predicted molar refractivity (Wildman–Crippen MR) is 80.6 cm³/mol. The van der Waals surface area contributed by atoms with Gasteiger partial charge < -0.3 is 0 Å². The molecule has 0 bridgehead atoms. The highest BCUT2D eigenvalue weighted by Gasteiger charge is 2.12. The molecule has 0 saturated carbocycles. The monoisotopic (exact) mass is 281 g/mol. The molecule has 0 aromatic heterocycles. The third kappa shape index (κ3) is 3.34. The molecule has 2 nitrogen and oxygen atoms in total. The molecule has 0 fully saturated rings. The van der Waals surface area contributed by atoms with Crippen LogP contribution in [0.4, 0.5) is 0 Å². The summed E-state index contributed by atoms with van der Waals surface area (Å²) in [6.07, 6.45) is 1.57. The quantitative estimate of drug-likeness (QED) is 0.474. The Balaban J connectivity index is 2.35. The molecule has 3 heteroatoms. The van der Waals surface area contributed by atoms with E-state index >= 15 is 0 Å². The van der Waals surface area contributed by atoms with Gasteiger partial charge in [-0.1, -0.05) is 47.5 Å². The van der Waals surface area contributed by atoms with Gasteiger partial charge in [0.25, 0.3) is 0 Å². The fraction of sp³-hybridized carbons (Fsp3) is 0.0588. The van der Waals surface area contributed by atoms with Crippen LogP contribution in [0, 0.1) is 18.3 Å². The molecule has 0 atom stereocenters. The summed E-state index contributed by atoms with van der Waals surface area (Å²) in [5.74, 6) is -0.272. The Morgan fingerprint density at radius 2 is 1.90 bits per heavy atom. The van der Waals surface area contributed by atoms with Gasteiger partial charge in [0.2, 0.25) is 5.78 Å². The number of aryl methyl sites for hydroxylation is 1. The Morgan fingerprint density at radius 3 is 2.50 bits per heavy atom. The van der Waals surface area contributed by atoms with Gasteiger partial charge in [-0.2, -0.15) is 5.26 Å². The zero-order chi connectivity index (χ0) is 14.5. The van der Waals surface area contributed by atoms with Gasteiger partial charge in [-0.15, -0.1) is 0 Å². The number of nitriles is 1. The zero-order valence-electron chi connectivity index (χ0n) is 10.9. The lowest BCUT2D eigenvalue weighted by Crippen LogP contribution is -2.02. The molecule has 0 N–H and O–H groups in total. The first kappa shape index (κ1) is 14.0. The van der Waals surface area contributed by atoms with Gasteiger partial charge >= 0.3 is 0 Å². The van der Waals surface area contributed by atoms with Gasteiger partial charge in [-0.3, -0.25) is 4.79 Å². The van der Waals surface area contributed by atoms with Crippen LogP contribution in [0.3, 0.4) is 0 Å². The first-order valence-corrected chi connectivity index (χ1v) is 6.46. The topological polar surface area (TPSA) is 40.9 Å². The van der Waals surface area contributed by atoms with Gasteiger partial charge in [-0.25, -0.2) is 0 Å². The van der Waals surface area contributed by atoms with E-state index in [0.29, 0.717) is 10.6 Å². The van der Waals surface area contributed by atoms with Gasteiger partial charge in [0.15, 0.2) is 0 Å². The van der Waals surface area contributed by atoms with Crippen molar-refractivity contribution >= 4 is 23.5 Å². The lowest BCUT2D eigenvalue weighted by atomic mass is 10.0. The number of ketones is 1. The van der Waals surface area contributed by atoms with Crippen LogP contribution < -0.4 is 0 Å². The Bertz CT molecular complexity index is 709. The minimum atomic E-state index is -0.272. The summed E-state index contributed by atoms with van der Waals surface area (Å²) in [7, 11) is 0. The van der Waals surface area contributed by atoms with Crippen LogP contribution in [0.5, 0.6) is 0 Å². The fourth-order valence-corrected chi connectivity index (χ4v) is 1.94. The van der Waals surface area contributed by atoms with Crippen molar-refractivity contribution in [3.63, 3.8) is 0 Å². The number of carbonyl (C=O) groups excluding carboxylic acids is 1. The fourth-order valence-electron chi connectivity index (χ4n) is 1.82. The van der Waals surface area contributed by atoms with Gasteiger partial charge in [-0.05, 0) is 36.8 Å². The number of allylic oxidation sites excluding steroid dienone is 1. The molecule has 0 aliphatic rings. The number of nitrogens with zero attached hydrogens (tertiary/aromatic N) is 1. The largest absolute Gasteiger partial charge is 0.288 e. The van der Waals surface area contributed by atoms with E-state index in [4.69, 9.17) is 11.6 Å². The molecule has 0 aliphatic heterocycles. The van der Waals surface area contributed by atoms with E-state index in [1.54, 1.807) is 48.5 Å². The molecular weight excluding hydrogens is 270 g/mol. The SMILES string of the molecule is Cc1cccc(C(=O)/C(C#N)=C/c2ccc(Cl)cc2)c1. The van der Waals surface area contributed by atoms with Crippen LogP contribution in [0.15, 0.2) is 54.1 Å². The molecule has 98 valence electrons. The third-order valence-corrected chi connectivity index (χ3v) is 3.08. The second-order valence-electron chi connectivity index (χ2n) is 4.42. The number of rotatable bonds is 3. The molecule has 2 rings (SSSR count). The summed E-state index contributed by atoms with van der Waals surface area (Å²) in [6, 6.07) is 16.1. The molecule has 0 amide bonds. The molecule has 0 aliphatic carbocycles. The Labute approximate surface area is 122 Å². The lowest BCUT2D eigenvalue weighted by molar-refractivity contribution is 0.104. The second-order valence-corrected chi connectivity index (χ2v) is 4.86. The van der Waals surface area contributed by atoms with E-state index < -0.39 is 0 Å². The van der Waals surface area contributed by atoms with Crippen LogP contribution in [0.25, 0.3) is 6.08 Å². The molecule has 0 radical (unpaired) electrons. The first-order valence-electron chi connectivity index (χ1n) is 6.09. The highest BCUT2D eigenvalue weighted by atomic mass is 35.5. The van der Waals surface area contributed by atoms with Crippen LogP contribution in [-0.2, 0) is 0 Å². The van der Waals surface area contributed by atoms with Crippen molar-refractivity contribution in [2.24, 2.45) is 0 Å². The maximum absolute atomic E-state index is 12.3. The Morgan fingerprint density at radius 1 is 1.20 bits per heavy atom. The van der Waals surface area contributed by atoms with E-state index in [9.17, 15) is 10.1 Å². The van der Waals surface area contributed by atoms with Crippen LogP contribution in [0.1, 0.15) is 21.5 Å². The average Bonchev–Trinajstić information content (AvgIpc) is 2.46. The lowest BCUT2D eigenvalue weighted by Gasteiger charge is -2.01. The minimum absolute atomic E-state index is 0.109. The summed E-state index contributed by atoms with van der Waals surface area (Å²) in [5, 5.41) is 9.79. The summed E-state index contributed by atoms with van der Waals surface area (Å²) >= 11 is 5.81. The number of halogens is 1. The maximum atomic E-state index is 12.3. The number of Topliss-reactive ketones (excluding diaryl/α,β-unsaturated/α-hetero) is 1. The number of hydrogen-bond donors (Lipinski definition) is 0. The minimum Gasteiger partial charge on any atom is -0.288 e. The number of benzene rings is 2. The normalized spacial score (nSPS) is 10.9. The molecule has 20 heavy (non-hydrogen) atoms. The van der Waals surface area contributed by atoms with Gasteiger partial charge in [0.1, 0.15) is 11.6 Å². The predicted octanol–water partition coefficient (Wildman–Crippen LogP) is 4.44. The molecule has 0 spiro atoms. The standard InChI is InChI=1S/C17H12ClNO/c1-12-3-2-4-14(9-12)17(20)15(11-19)10-13-5-7-16(18)8-6-13/h2-10H,1H3/b15-10+. The summed E-state index contributed by atoms with van der Waals surface area (Å²) in [4.78, 5) is 12.3. The van der Waals surface area contributed by atoms with Crippen LogP contribution in [0.2, 0.25) is 5.02 Å². The third-order valence-electron chi connectivity index (χ3n) is 2.83. The second kappa shape index (κ2) is 6.18. The zero-order valence-corrected chi connectivity index (χ0v) is 11.7. The van der Waals surface area contributed by atoms with Gasteiger partial charge in [0.05, 0.1) is 0 Å². The van der Waals surface area contributed by atoms with Crippen molar-refractivity contribution in [2.75, 3.05) is 0 Å². The molecule has 0 heterocycles. The van der Waals surface area contributed by atoms with Crippen molar-refractivity contribution in [3.05, 3.63) is 75.8 Å². The maximum Gasteiger partial charge on any atom is 0.203 e. The summed E-state index contributed by atoms with van der Waals surface area (Å²) < 4.78 is 0. The average molecular weight is 282 g/mol.